The Morgan fingerprint density at radius 3 is 0.647 bits per heavy atom. The van der Waals surface area contributed by atoms with Crippen LogP contribution in [0.25, 0.3) is 282 Å². The molecular formula is C141H90N6O3. The van der Waals surface area contributed by atoms with E-state index in [1.54, 1.807) is 0 Å². The van der Waals surface area contributed by atoms with Crippen molar-refractivity contribution >= 4 is 132 Å². The van der Waals surface area contributed by atoms with Gasteiger partial charge in [0.1, 0.15) is 33.3 Å². The molecule has 150 heavy (non-hydrogen) atoms. The van der Waals surface area contributed by atoms with Crippen LogP contribution in [0.1, 0.15) is 0 Å². The normalized spacial score (nSPS) is 11.6. The average molecular weight is 1920 g/mol. The molecule has 0 aliphatic carbocycles. The molecule has 0 unspecified atom stereocenters. The van der Waals surface area contributed by atoms with Crippen LogP contribution in [0.15, 0.2) is 560 Å². The van der Waals surface area contributed by atoms with E-state index >= 15 is 0 Å². The van der Waals surface area contributed by atoms with Gasteiger partial charge in [-0.25, -0.2) is 0 Å². The van der Waals surface area contributed by atoms with Gasteiger partial charge in [-0.3, -0.25) is 15.0 Å². The second-order valence-corrected chi connectivity index (χ2v) is 38.4. The van der Waals surface area contributed by atoms with Crippen LogP contribution in [-0.4, -0.2) is 28.7 Å². The lowest BCUT2D eigenvalue weighted by Crippen LogP contribution is -1.94. The zero-order valence-corrected chi connectivity index (χ0v) is 81.4. The smallest absolute Gasteiger partial charge is 0.161 e. The molecule has 0 saturated carbocycles. The molecule has 0 bridgehead atoms. The second kappa shape index (κ2) is 37.2. The molecule has 0 N–H and O–H groups in total. The Hall–Kier alpha value is -20.1. The van der Waals surface area contributed by atoms with Crippen LogP contribution in [-0.2, 0) is 0 Å². The monoisotopic (exact) mass is 1910 g/mol. The Balaban J connectivity index is 0.000000109. The highest BCUT2D eigenvalue weighted by atomic mass is 16.3. The second-order valence-electron chi connectivity index (χ2n) is 38.4. The molecule has 0 amide bonds. The van der Waals surface area contributed by atoms with Crippen molar-refractivity contribution in [3.8, 4) is 151 Å². The van der Waals surface area contributed by atoms with E-state index in [0.29, 0.717) is 0 Å². The maximum absolute atomic E-state index is 6.29. The Morgan fingerprint density at radius 1 is 0.133 bits per heavy atom. The maximum atomic E-state index is 6.29. The summed E-state index contributed by atoms with van der Waals surface area (Å²) in [5.41, 5.74) is 46.4. The summed E-state index contributed by atoms with van der Waals surface area (Å²) in [6.07, 6.45) is 5.51. The summed E-state index contributed by atoms with van der Waals surface area (Å²) in [5, 5.41) is 10.7. The number of nitrogens with zero attached hydrogens (tertiary/aromatic N) is 6. The molecule has 702 valence electrons. The number of pyridine rings is 3. The van der Waals surface area contributed by atoms with Gasteiger partial charge in [0.2, 0.25) is 0 Å². The molecule has 0 aliphatic heterocycles. The number of furan rings is 3. The molecular weight excluding hydrogens is 1830 g/mol. The van der Waals surface area contributed by atoms with Gasteiger partial charge >= 0.3 is 0 Å². The minimum Gasteiger partial charge on any atom is -0.454 e. The fourth-order valence-electron chi connectivity index (χ4n) is 22.4. The van der Waals surface area contributed by atoms with E-state index in [9.17, 15) is 0 Å². The van der Waals surface area contributed by atoms with Gasteiger partial charge in [-0.1, -0.05) is 334 Å². The van der Waals surface area contributed by atoms with E-state index in [-0.39, 0.29) is 0 Å². The van der Waals surface area contributed by atoms with E-state index in [4.69, 9.17) is 13.3 Å². The van der Waals surface area contributed by atoms with E-state index in [0.717, 1.165) is 122 Å². The Labute approximate surface area is 864 Å². The quantitative estimate of drug-likeness (QED) is 0.102. The van der Waals surface area contributed by atoms with Crippen molar-refractivity contribution in [2.45, 2.75) is 0 Å². The standard InChI is InChI=1S/C53H34N2O.C47H30N2O.C41H26N2O/c1-3-23-49-46(21-1)47-22-2-4-24-50(47)55(49)45-20-9-19-43(33-45)41-17-7-15-39(31-41)37-13-5-11-35(29-37)36-12-6-14-38(30-36)40-16-8-18-42(32-40)44-26-27-51-48(34-44)53-52(56-51)25-10-28-54-53;1-3-20-43-40(18-1)41-19-2-4-21-44(41)49(43)39-17-8-16-37(29-39)35-14-6-12-33(27-35)31-10-5-11-32(26-31)34-13-7-15-36(28-34)38-23-24-45-42(30-38)47-46(50-45)22-9-25-48-47;1-4-19-37-34(16-1)35-17-2-5-20-38(35)43(37)32-15-9-13-30(26-32)28-11-7-10-27(24-28)29-12-8-14-31(25-29)33-22-23-42-40-36-18-3-6-21-39(36)44-41(33)40/h1-34H;1-30H;1-26H. The number of rotatable bonds is 15. The van der Waals surface area contributed by atoms with E-state index < -0.39 is 0 Å². The van der Waals surface area contributed by atoms with Gasteiger partial charge < -0.3 is 27.0 Å². The number of fused-ring (bicyclic) bond motifs is 18. The highest BCUT2D eigenvalue weighted by Crippen LogP contribution is 2.45. The van der Waals surface area contributed by atoms with Gasteiger partial charge in [-0.15, -0.1) is 0 Å². The van der Waals surface area contributed by atoms with Crippen LogP contribution < -0.4 is 0 Å². The van der Waals surface area contributed by atoms with Crippen molar-refractivity contribution in [3.63, 3.8) is 0 Å². The van der Waals surface area contributed by atoms with E-state index in [2.05, 4.69) is 496 Å². The van der Waals surface area contributed by atoms with E-state index in [1.165, 1.54) is 160 Å². The van der Waals surface area contributed by atoms with Gasteiger partial charge in [0.15, 0.2) is 16.7 Å². The van der Waals surface area contributed by atoms with Crippen molar-refractivity contribution in [3.05, 3.63) is 546 Å². The zero-order valence-electron chi connectivity index (χ0n) is 81.4. The van der Waals surface area contributed by atoms with Crippen LogP contribution >= 0.6 is 0 Å². The zero-order chi connectivity index (χ0) is 99.1. The SMILES string of the molecule is c1cc(-c2cccc(-c3cccc(-c4ccc5oc6cccnc6c5c4)c3)c2)cc(-c2cccc(-c3cccc(-n4c5ccccc5c5ccccc54)c3)c2)c1.c1cc(-c2cccc(-c3cccc(-n4c5ccccc5c5ccccc54)c3)c2)cc(-c2cccc(-c3ccc4oc5cccnc5c4c3)c2)c1.c1cc(-c2cccc(-c3ccnc4c3oc3ccccc34)c2)cc(-c2cccc(-n3c4ccccc4c4ccccc43)c2)c1. The number of hydrogen-bond donors (Lipinski definition) is 0. The van der Waals surface area contributed by atoms with Crippen molar-refractivity contribution < 1.29 is 13.3 Å². The largest absolute Gasteiger partial charge is 0.454 e. The molecule has 9 heterocycles. The van der Waals surface area contributed by atoms with Crippen LogP contribution in [0, 0.1) is 0 Å². The molecule has 0 saturated heterocycles. The summed E-state index contributed by atoms with van der Waals surface area (Å²) >= 11 is 0. The van der Waals surface area contributed by atoms with Crippen LogP contribution in [0.3, 0.4) is 0 Å². The lowest BCUT2D eigenvalue weighted by atomic mass is 9.94. The molecule has 30 rings (SSSR count). The first-order valence-corrected chi connectivity index (χ1v) is 50.8. The van der Waals surface area contributed by atoms with Crippen LogP contribution in [0.2, 0.25) is 0 Å². The molecule has 0 spiro atoms. The third kappa shape index (κ3) is 16.0. The third-order valence-electron chi connectivity index (χ3n) is 29.5. The highest BCUT2D eigenvalue weighted by Gasteiger charge is 2.22. The summed E-state index contributed by atoms with van der Waals surface area (Å²) in [6.45, 7) is 0. The number of aromatic nitrogens is 6. The summed E-state index contributed by atoms with van der Waals surface area (Å²) in [5.74, 6) is 0. The summed E-state index contributed by atoms with van der Waals surface area (Å²) < 4.78 is 25.5. The molecule has 21 aromatic carbocycles. The highest BCUT2D eigenvalue weighted by molar-refractivity contribution is 6.14. The van der Waals surface area contributed by atoms with Crippen molar-refractivity contribution in [2.75, 3.05) is 0 Å². The van der Waals surface area contributed by atoms with Gasteiger partial charge in [-0.2, -0.15) is 0 Å². The number of benzene rings is 21. The summed E-state index contributed by atoms with van der Waals surface area (Å²) in [4.78, 5) is 13.8. The Morgan fingerprint density at radius 2 is 0.353 bits per heavy atom. The molecule has 9 heteroatoms. The minimum absolute atomic E-state index is 0.809. The van der Waals surface area contributed by atoms with Crippen LogP contribution in [0.5, 0.6) is 0 Å². The molecule has 0 fully saturated rings. The lowest BCUT2D eigenvalue weighted by molar-refractivity contribution is 0.668. The van der Waals surface area contributed by atoms with Crippen LogP contribution in [0.4, 0.5) is 0 Å². The van der Waals surface area contributed by atoms with Gasteiger partial charge in [0.25, 0.3) is 0 Å². The first-order chi connectivity index (χ1) is 74.3. The molecule has 0 atom stereocenters. The molecule has 9 aromatic heterocycles. The minimum atomic E-state index is 0.809. The van der Waals surface area contributed by atoms with Gasteiger partial charge in [0, 0.05) is 89.7 Å². The summed E-state index contributed by atoms with van der Waals surface area (Å²) in [7, 11) is 0. The molecule has 0 radical (unpaired) electrons. The maximum Gasteiger partial charge on any atom is 0.161 e. The predicted octanol–water partition coefficient (Wildman–Crippen LogP) is 38.2. The molecule has 9 nitrogen and oxygen atoms in total. The number of para-hydroxylation sites is 7. The lowest BCUT2D eigenvalue weighted by Gasteiger charge is -2.12. The van der Waals surface area contributed by atoms with Crippen molar-refractivity contribution in [1.82, 2.24) is 28.7 Å². The van der Waals surface area contributed by atoms with Crippen molar-refractivity contribution in [1.29, 1.82) is 0 Å². The Kier molecular flexibility index (Phi) is 21.8. The topological polar surface area (TPSA) is 92.9 Å². The van der Waals surface area contributed by atoms with E-state index in [1.807, 2.05) is 79.3 Å². The fourth-order valence-corrected chi connectivity index (χ4v) is 22.4. The molecule has 0 aliphatic rings. The van der Waals surface area contributed by atoms with Gasteiger partial charge in [0.05, 0.1) is 33.1 Å². The fraction of sp³-hybridized carbons (Fsp3) is 0. The first-order valence-electron chi connectivity index (χ1n) is 50.8. The van der Waals surface area contributed by atoms with Gasteiger partial charge in [-0.05, 0) is 322 Å². The summed E-state index contributed by atoms with van der Waals surface area (Å²) in [6, 6.07) is 189. The average Bonchev–Trinajstić information content (AvgIpc) is 1.60. The third-order valence-corrected chi connectivity index (χ3v) is 29.5. The number of hydrogen-bond acceptors (Lipinski definition) is 6. The van der Waals surface area contributed by atoms with Crippen molar-refractivity contribution in [2.24, 2.45) is 0 Å². The first kappa shape index (κ1) is 87.6. The Bertz CT molecular complexity index is 10400. The predicted molar refractivity (Wildman–Crippen MR) is 623 cm³/mol. The molecule has 30 aromatic rings.